The normalized spacial score (nSPS) is 15.2. The van der Waals surface area contributed by atoms with Crippen LogP contribution < -0.4 is 5.32 Å². The van der Waals surface area contributed by atoms with Crippen LogP contribution in [0.15, 0.2) is 18.2 Å². The molecule has 1 fully saturated rings. The largest absolute Gasteiger partial charge is 0.478 e. The third kappa shape index (κ3) is 3.97. The highest BCUT2D eigenvalue weighted by atomic mass is 35.5. The molecule has 0 spiro atoms. The summed E-state index contributed by atoms with van der Waals surface area (Å²) in [5.74, 6) is -0.441. The lowest BCUT2D eigenvalue weighted by Crippen LogP contribution is -2.13. The monoisotopic (exact) mass is 295 g/mol. The summed E-state index contributed by atoms with van der Waals surface area (Å²) in [6.45, 7) is 0. The average Bonchev–Trinajstić information content (AvgIpc) is 2.89. The van der Waals surface area contributed by atoms with Crippen molar-refractivity contribution in [2.75, 3.05) is 5.32 Å². The molecule has 5 heteroatoms. The Balaban J connectivity index is 1.87. The lowest BCUT2D eigenvalue weighted by atomic mass is 10.0. The molecule has 4 nitrogen and oxygen atoms in total. The van der Waals surface area contributed by atoms with Gasteiger partial charge < -0.3 is 10.4 Å². The Bertz CT molecular complexity index is 510. The minimum absolute atomic E-state index is 0.0376. The Labute approximate surface area is 123 Å². The second kappa shape index (κ2) is 6.75. The molecule has 0 radical (unpaired) electrons. The van der Waals surface area contributed by atoms with E-state index in [1.165, 1.54) is 37.8 Å². The van der Waals surface area contributed by atoms with Crippen LogP contribution in [-0.2, 0) is 4.79 Å². The minimum Gasteiger partial charge on any atom is -0.478 e. The summed E-state index contributed by atoms with van der Waals surface area (Å²) in [4.78, 5) is 22.7. The molecule has 0 aromatic heterocycles. The third-order valence-electron chi connectivity index (χ3n) is 3.74. The van der Waals surface area contributed by atoms with Gasteiger partial charge in [-0.15, -0.1) is 0 Å². The number of carbonyl (C=O) groups is 2. The number of nitrogens with one attached hydrogen (secondary N) is 1. The fourth-order valence-electron chi connectivity index (χ4n) is 2.62. The van der Waals surface area contributed by atoms with Gasteiger partial charge >= 0.3 is 5.97 Å². The Hall–Kier alpha value is -1.55. The molecular formula is C15H18ClNO3. The molecule has 1 aliphatic rings. The molecule has 1 aliphatic carbocycles. The van der Waals surface area contributed by atoms with Crippen LogP contribution in [-0.4, -0.2) is 17.0 Å². The molecule has 2 rings (SSSR count). The van der Waals surface area contributed by atoms with E-state index in [0.29, 0.717) is 18.0 Å². The van der Waals surface area contributed by atoms with Crippen LogP contribution in [0, 0.1) is 5.92 Å². The van der Waals surface area contributed by atoms with Crippen LogP contribution in [0.2, 0.25) is 5.02 Å². The van der Waals surface area contributed by atoms with E-state index in [1.54, 1.807) is 6.07 Å². The zero-order valence-electron chi connectivity index (χ0n) is 11.2. The van der Waals surface area contributed by atoms with Gasteiger partial charge in [-0.1, -0.05) is 37.3 Å². The van der Waals surface area contributed by atoms with Crippen LogP contribution in [0.5, 0.6) is 0 Å². The second-order valence-corrected chi connectivity index (χ2v) is 5.64. The number of anilines is 1. The number of benzene rings is 1. The first-order valence-corrected chi connectivity index (χ1v) is 7.27. The molecule has 1 amide bonds. The highest BCUT2D eigenvalue weighted by Gasteiger charge is 2.16. The van der Waals surface area contributed by atoms with Crippen molar-refractivity contribution in [3.05, 3.63) is 28.8 Å². The van der Waals surface area contributed by atoms with Crippen molar-refractivity contribution in [3.8, 4) is 0 Å². The zero-order valence-corrected chi connectivity index (χ0v) is 11.9. The van der Waals surface area contributed by atoms with E-state index in [1.807, 2.05) is 0 Å². The van der Waals surface area contributed by atoms with Crippen molar-refractivity contribution >= 4 is 29.2 Å². The van der Waals surface area contributed by atoms with E-state index < -0.39 is 5.97 Å². The molecule has 1 aromatic carbocycles. The minimum atomic E-state index is -1.07. The highest BCUT2D eigenvalue weighted by molar-refractivity contribution is 6.33. The Morgan fingerprint density at radius 1 is 1.30 bits per heavy atom. The Morgan fingerprint density at radius 2 is 2.00 bits per heavy atom. The molecular weight excluding hydrogens is 278 g/mol. The van der Waals surface area contributed by atoms with Crippen LogP contribution in [0.25, 0.3) is 0 Å². The summed E-state index contributed by atoms with van der Waals surface area (Å²) >= 11 is 5.86. The van der Waals surface area contributed by atoms with Gasteiger partial charge in [0, 0.05) is 12.1 Å². The first-order valence-electron chi connectivity index (χ1n) is 6.89. The third-order valence-corrected chi connectivity index (χ3v) is 4.05. The lowest BCUT2D eigenvalue weighted by Gasteiger charge is -2.10. The van der Waals surface area contributed by atoms with Crippen molar-refractivity contribution in [2.24, 2.45) is 5.92 Å². The van der Waals surface area contributed by atoms with Gasteiger partial charge in [-0.2, -0.15) is 0 Å². The molecule has 0 aliphatic heterocycles. The number of hydrogen-bond donors (Lipinski definition) is 2. The van der Waals surface area contributed by atoms with Crippen molar-refractivity contribution in [2.45, 2.75) is 38.5 Å². The van der Waals surface area contributed by atoms with Crippen molar-refractivity contribution < 1.29 is 14.7 Å². The second-order valence-electron chi connectivity index (χ2n) is 5.24. The highest BCUT2D eigenvalue weighted by Crippen LogP contribution is 2.28. The van der Waals surface area contributed by atoms with Gasteiger partial charge in [-0.25, -0.2) is 4.79 Å². The van der Waals surface area contributed by atoms with Crippen LogP contribution in [0.4, 0.5) is 5.69 Å². The summed E-state index contributed by atoms with van der Waals surface area (Å²) in [5.41, 5.74) is 0.576. The van der Waals surface area contributed by atoms with Gasteiger partial charge in [-0.05, 0) is 30.5 Å². The van der Waals surface area contributed by atoms with Crippen LogP contribution in [0.1, 0.15) is 48.9 Å². The quantitative estimate of drug-likeness (QED) is 0.864. The van der Waals surface area contributed by atoms with E-state index in [-0.39, 0.29) is 16.5 Å². The fourth-order valence-corrected chi connectivity index (χ4v) is 2.89. The number of carbonyl (C=O) groups excluding carboxylic acids is 1. The van der Waals surface area contributed by atoms with Gasteiger partial charge in [0.25, 0.3) is 0 Å². The van der Waals surface area contributed by atoms with Gasteiger partial charge in [-0.3, -0.25) is 4.79 Å². The number of amides is 1. The van der Waals surface area contributed by atoms with Gasteiger partial charge in [0.15, 0.2) is 0 Å². The molecule has 1 saturated carbocycles. The van der Waals surface area contributed by atoms with Crippen molar-refractivity contribution in [1.29, 1.82) is 0 Å². The predicted molar refractivity (Wildman–Crippen MR) is 78.2 cm³/mol. The maximum Gasteiger partial charge on any atom is 0.337 e. The number of carboxylic acid groups (broad SMARTS) is 1. The standard InChI is InChI=1S/C15H18ClNO3/c16-13-9-11(6-7-12(13)15(19)20)17-14(18)8-5-10-3-1-2-4-10/h6-7,9-10H,1-5,8H2,(H,17,18)(H,19,20). The molecule has 0 heterocycles. The molecule has 2 N–H and O–H groups in total. The summed E-state index contributed by atoms with van der Waals surface area (Å²) in [5, 5.41) is 11.8. The molecule has 1 aromatic rings. The molecule has 108 valence electrons. The smallest absolute Gasteiger partial charge is 0.337 e. The maximum absolute atomic E-state index is 11.8. The number of aromatic carboxylic acids is 1. The van der Waals surface area contributed by atoms with E-state index >= 15 is 0 Å². The van der Waals surface area contributed by atoms with Crippen LogP contribution in [0.3, 0.4) is 0 Å². The van der Waals surface area contributed by atoms with E-state index in [2.05, 4.69) is 5.32 Å². The van der Waals surface area contributed by atoms with E-state index in [0.717, 1.165) is 6.42 Å². The molecule has 0 saturated heterocycles. The lowest BCUT2D eigenvalue weighted by molar-refractivity contribution is -0.116. The Morgan fingerprint density at radius 3 is 2.60 bits per heavy atom. The van der Waals surface area contributed by atoms with Crippen molar-refractivity contribution in [1.82, 2.24) is 0 Å². The number of rotatable bonds is 5. The number of hydrogen-bond acceptors (Lipinski definition) is 2. The van der Waals surface area contributed by atoms with Gasteiger partial charge in [0.1, 0.15) is 0 Å². The summed E-state index contributed by atoms with van der Waals surface area (Å²) in [6.07, 6.45) is 6.44. The topological polar surface area (TPSA) is 66.4 Å². The average molecular weight is 296 g/mol. The van der Waals surface area contributed by atoms with Gasteiger partial charge in [0.05, 0.1) is 10.6 Å². The summed E-state index contributed by atoms with van der Waals surface area (Å²) in [7, 11) is 0. The van der Waals surface area contributed by atoms with Crippen LogP contribution >= 0.6 is 11.6 Å². The van der Waals surface area contributed by atoms with Gasteiger partial charge in [0.2, 0.25) is 5.91 Å². The molecule has 0 unspecified atom stereocenters. The first kappa shape index (κ1) is 14.9. The molecule has 0 atom stereocenters. The SMILES string of the molecule is O=C(CCC1CCCC1)Nc1ccc(C(=O)O)c(Cl)c1. The molecule has 0 bridgehead atoms. The van der Waals surface area contributed by atoms with Crippen molar-refractivity contribution in [3.63, 3.8) is 0 Å². The predicted octanol–water partition coefficient (Wildman–Crippen LogP) is 3.95. The molecule has 20 heavy (non-hydrogen) atoms. The Kier molecular flexibility index (Phi) is 5.01. The first-order chi connectivity index (χ1) is 9.56. The summed E-state index contributed by atoms with van der Waals surface area (Å²) < 4.78 is 0. The fraction of sp³-hybridized carbons (Fsp3) is 0.467. The number of halogens is 1. The van der Waals surface area contributed by atoms with E-state index in [9.17, 15) is 9.59 Å². The zero-order chi connectivity index (χ0) is 14.5. The summed E-state index contributed by atoms with van der Waals surface area (Å²) in [6, 6.07) is 4.43. The number of carboxylic acids is 1. The van der Waals surface area contributed by atoms with E-state index in [4.69, 9.17) is 16.7 Å². The maximum atomic E-state index is 11.8.